The molecule has 0 radical (unpaired) electrons. The predicted octanol–water partition coefficient (Wildman–Crippen LogP) is 4.71. The first-order chi connectivity index (χ1) is 12.1. The summed E-state index contributed by atoms with van der Waals surface area (Å²) in [5.74, 6) is 0.541. The third-order valence-corrected chi connectivity index (χ3v) is 3.94. The highest BCUT2D eigenvalue weighted by Gasteiger charge is 2.03. The van der Waals surface area contributed by atoms with Gasteiger partial charge in [0.15, 0.2) is 5.78 Å². The van der Waals surface area contributed by atoms with E-state index in [2.05, 4.69) is 6.58 Å². The molecule has 0 fully saturated rings. The molecule has 132 valence electrons. The van der Waals surface area contributed by atoms with Gasteiger partial charge in [-0.15, -0.1) is 0 Å². The van der Waals surface area contributed by atoms with Crippen LogP contribution in [0.1, 0.15) is 43.0 Å². The van der Waals surface area contributed by atoms with Crippen molar-refractivity contribution < 1.29 is 19.1 Å². The topological polar surface area (TPSA) is 52.6 Å². The number of ether oxygens (including phenoxy) is 2. The average molecular weight is 340 g/mol. The first kappa shape index (κ1) is 18.7. The maximum atomic E-state index is 11.4. The van der Waals surface area contributed by atoms with Gasteiger partial charge in [0.05, 0.1) is 13.2 Å². The number of esters is 1. The minimum absolute atomic E-state index is 0.0708. The van der Waals surface area contributed by atoms with Crippen LogP contribution in [0.2, 0.25) is 0 Å². The fourth-order valence-corrected chi connectivity index (χ4v) is 2.51. The van der Waals surface area contributed by atoms with Crippen LogP contribution in [0.25, 0.3) is 10.8 Å². The van der Waals surface area contributed by atoms with E-state index in [1.54, 1.807) is 6.92 Å². The van der Waals surface area contributed by atoms with Crippen LogP contribution >= 0.6 is 0 Å². The standard InChI is InChI=1S/C21H24O4/c1-3-21(23)25-13-7-5-4-6-12-24-20-11-10-18-14-17(16(2)22)8-9-19(18)15-20/h3,8-11,14-15H,1,4-7,12-13H2,2H3. The van der Waals surface area contributed by atoms with Gasteiger partial charge in [-0.2, -0.15) is 0 Å². The molecule has 2 aromatic carbocycles. The van der Waals surface area contributed by atoms with Crippen molar-refractivity contribution >= 4 is 22.5 Å². The number of rotatable bonds is 10. The van der Waals surface area contributed by atoms with Crippen LogP contribution < -0.4 is 4.74 Å². The fourth-order valence-electron chi connectivity index (χ4n) is 2.51. The van der Waals surface area contributed by atoms with E-state index in [0.29, 0.717) is 13.2 Å². The summed E-state index contributed by atoms with van der Waals surface area (Å²) < 4.78 is 10.7. The van der Waals surface area contributed by atoms with Gasteiger partial charge in [-0.25, -0.2) is 4.79 Å². The highest BCUT2D eigenvalue weighted by Crippen LogP contribution is 2.22. The third kappa shape index (κ3) is 6.07. The van der Waals surface area contributed by atoms with Crippen molar-refractivity contribution in [3.63, 3.8) is 0 Å². The van der Waals surface area contributed by atoms with E-state index in [-0.39, 0.29) is 11.8 Å². The van der Waals surface area contributed by atoms with Crippen LogP contribution in [0.4, 0.5) is 0 Å². The Labute approximate surface area is 148 Å². The van der Waals surface area contributed by atoms with E-state index in [4.69, 9.17) is 9.47 Å². The van der Waals surface area contributed by atoms with E-state index >= 15 is 0 Å². The van der Waals surface area contributed by atoms with Gasteiger partial charge >= 0.3 is 5.97 Å². The number of unbranched alkanes of at least 4 members (excludes halogenated alkanes) is 3. The molecule has 0 amide bonds. The second-order valence-electron chi connectivity index (χ2n) is 5.91. The SMILES string of the molecule is C=CC(=O)OCCCCCCOc1ccc2cc(C(C)=O)ccc2c1. The van der Waals surface area contributed by atoms with Crippen molar-refractivity contribution in [2.24, 2.45) is 0 Å². The second-order valence-corrected chi connectivity index (χ2v) is 5.91. The fraction of sp³-hybridized carbons (Fsp3) is 0.333. The van der Waals surface area contributed by atoms with Crippen molar-refractivity contribution in [1.29, 1.82) is 0 Å². The molecule has 0 atom stereocenters. The Morgan fingerprint density at radius 2 is 1.64 bits per heavy atom. The first-order valence-corrected chi connectivity index (χ1v) is 8.57. The summed E-state index contributed by atoms with van der Waals surface area (Å²) in [5, 5.41) is 2.10. The number of hydrogen-bond donors (Lipinski definition) is 0. The molecule has 2 rings (SSSR count). The number of carbonyl (C=O) groups is 2. The Balaban J connectivity index is 1.71. The summed E-state index contributed by atoms with van der Waals surface area (Å²) >= 11 is 0. The molecule has 0 heterocycles. The lowest BCUT2D eigenvalue weighted by Gasteiger charge is -2.08. The van der Waals surface area contributed by atoms with E-state index < -0.39 is 0 Å². The van der Waals surface area contributed by atoms with Crippen molar-refractivity contribution in [3.8, 4) is 5.75 Å². The van der Waals surface area contributed by atoms with Crippen LogP contribution in [-0.2, 0) is 9.53 Å². The van der Waals surface area contributed by atoms with Crippen LogP contribution in [0.5, 0.6) is 5.75 Å². The molecule has 0 aromatic heterocycles. The summed E-state index contributed by atoms with van der Waals surface area (Å²) in [6.45, 7) is 6.02. The van der Waals surface area contributed by atoms with E-state index in [1.165, 1.54) is 6.08 Å². The summed E-state index contributed by atoms with van der Waals surface area (Å²) in [7, 11) is 0. The highest BCUT2D eigenvalue weighted by atomic mass is 16.5. The predicted molar refractivity (Wildman–Crippen MR) is 99.1 cm³/mol. The quantitative estimate of drug-likeness (QED) is 0.272. The summed E-state index contributed by atoms with van der Waals surface area (Å²) in [6.07, 6.45) is 5.02. The zero-order valence-corrected chi connectivity index (χ0v) is 14.6. The van der Waals surface area contributed by atoms with Gasteiger partial charge in [-0.05, 0) is 61.6 Å². The molecular weight excluding hydrogens is 316 g/mol. The van der Waals surface area contributed by atoms with Gasteiger partial charge in [0.25, 0.3) is 0 Å². The maximum absolute atomic E-state index is 11.4. The molecule has 2 aromatic rings. The Morgan fingerprint density at radius 3 is 2.36 bits per heavy atom. The average Bonchev–Trinajstić information content (AvgIpc) is 2.62. The smallest absolute Gasteiger partial charge is 0.330 e. The molecule has 0 aliphatic heterocycles. The number of hydrogen-bond acceptors (Lipinski definition) is 4. The van der Waals surface area contributed by atoms with Gasteiger partial charge in [-0.3, -0.25) is 4.79 Å². The van der Waals surface area contributed by atoms with Gasteiger partial charge in [-0.1, -0.05) is 24.8 Å². The highest BCUT2D eigenvalue weighted by molar-refractivity contribution is 5.98. The minimum Gasteiger partial charge on any atom is -0.494 e. The molecule has 4 heteroatoms. The van der Waals surface area contributed by atoms with Gasteiger partial charge in [0, 0.05) is 11.6 Å². The Bertz CT molecular complexity index is 749. The lowest BCUT2D eigenvalue weighted by molar-refractivity contribution is -0.137. The molecule has 0 unspecified atom stereocenters. The van der Waals surface area contributed by atoms with Gasteiger partial charge in [0.1, 0.15) is 5.75 Å². The normalized spacial score (nSPS) is 10.4. The van der Waals surface area contributed by atoms with Crippen LogP contribution in [-0.4, -0.2) is 25.0 Å². The molecule has 25 heavy (non-hydrogen) atoms. The van der Waals surface area contributed by atoms with Crippen LogP contribution in [0.15, 0.2) is 49.1 Å². The molecule has 0 bridgehead atoms. The Kier molecular flexibility index (Phi) is 7.20. The van der Waals surface area contributed by atoms with Crippen molar-refractivity contribution in [1.82, 2.24) is 0 Å². The zero-order chi connectivity index (χ0) is 18.1. The zero-order valence-electron chi connectivity index (χ0n) is 14.6. The number of ketones is 1. The molecule has 0 aliphatic rings. The van der Waals surface area contributed by atoms with Crippen LogP contribution in [0, 0.1) is 0 Å². The monoisotopic (exact) mass is 340 g/mol. The number of Topliss-reactive ketones (excluding diaryl/α,β-unsaturated/α-hetero) is 1. The molecule has 0 saturated heterocycles. The van der Waals surface area contributed by atoms with E-state index in [0.717, 1.165) is 47.8 Å². The van der Waals surface area contributed by atoms with Gasteiger partial charge < -0.3 is 9.47 Å². The van der Waals surface area contributed by atoms with Crippen molar-refractivity contribution in [2.45, 2.75) is 32.6 Å². The minimum atomic E-state index is -0.366. The first-order valence-electron chi connectivity index (χ1n) is 8.57. The van der Waals surface area contributed by atoms with E-state index in [1.807, 2.05) is 36.4 Å². The van der Waals surface area contributed by atoms with Crippen molar-refractivity contribution in [3.05, 3.63) is 54.6 Å². The van der Waals surface area contributed by atoms with Crippen LogP contribution in [0.3, 0.4) is 0 Å². The molecule has 4 nitrogen and oxygen atoms in total. The number of carbonyl (C=O) groups excluding carboxylic acids is 2. The third-order valence-electron chi connectivity index (χ3n) is 3.94. The summed E-state index contributed by atoms with van der Waals surface area (Å²) in [4.78, 5) is 22.3. The molecule has 0 saturated carbocycles. The Morgan fingerprint density at radius 1 is 0.960 bits per heavy atom. The van der Waals surface area contributed by atoms with E-state index in [9.17, 15) is 9.59 Å². The summed E-state index contributed by atoms with van der Waals surface area (Å²) in [5.41, 5.74) is 0.722. The molecule has 0 spiro atoms. The lowest BCUT2D eigenvalue weighted by atomic mass is 10.0. The Hall–Kier alpha value is -2.62. The maximum Gasteiger partial charge on any atom is 0.330 e. The number of fused-ring (bicyclic) bond motifs is 1. The van der Waals surface area contributed by atoms with Gasteiger partial charge in [0.2, 0.25) is 0 Å². The molecule has 0 N–H and O–H groups in total. The largest absolute Gasteiger partial charge is 0.494 e. The number of benzene rings is 2. The van der Waals surface area contributed by atoms with Crippen molar-refractivity contribution in [2.75, 3.05) is 13.2 Å². The summed E-state index contributed by atoms with van der Waals surface area (Å²) in [6, 6.07) is 11.6. The second kappa shape index (κ2) is 9.62. The molecule has 0 aliphatic carbocycles. The lowest BCUT2D eigenvalue weighted by Crippen LogP contribution is -2.02. The molecular formula is C21H24O4.